The topological polar surface area (TPSA) is 128 Å². The quantitative estimate of drug-likeness (QED) is 0.537. The number of carbonyl (C=O) groups excluding carboxylic acids is 1. The zero-order chi connectivity index (χ0) is 25.5. The average molecular weight is 504 g/mol. The highest BCUT2D eigenvalue weighted by Crippen LogP contribution is 2.35. The number of halogens is 1. The van der Waals surface area contributed by atoms with E-state index >= 15 is 0 Å². The van der Waals surface area contributed by atoms with Gasteiger partial charge in [-0.25, -0.2) is 31.9 Å². The minimum atomic E-state index is -4.20. The van der Waals surface area contributed by atoms with Gasteiger partial charge in [-0.15, -0.1) is 0 Å². The molecule has 3 aromatic rings. The molecule has 0 saturated carbocycles. The molecule has 2 aromatic carbocycles. The monoisotopic (exact) mass is 503 g/mol. The van der Waals surface area contributed by atoms with Crippen molar-refractivity contribution in [3.05, 3.63) is 53.6 Å². The summed E-state index contributed by atoms with van der Waals surface area (Å²) in [6.07, 6.45) is 1.33. The maximum absolute atomic E-state index is 14.3. The van der Waals surface area contributed by atoms with Gasteiger partial charge >= 0.3 is 12.2 Å². The maximum Gasteiger partial charge on any atom is 0.417 e. The van der Waals surface area contributed by atoms with Crippen molar-refractivity contribution < 1.29 is 32.2 Å². The number of nitrogens with zero attached hydrogens (tertiary/aromatic N) is 2. The number of imidazole rings is 1. The highest BCUT2D eigenvalue weighted by Gasteiger charge is 2.28. The van der Waals surface area contributed by atoms with E-state index in [1.54, 1.807) is 32.9 Å². The van der Waals surface area contributed by atoms with Crippen LogP contribution in [-0.4, -0.2) is 47.4 Å². The zero-order valence-corrected chi connectivity index (χ0v) is 20.4. The fourth-order valence-electron chi connectivity index (χ4n) is 4.33. The number of ether oxygens (including phenoxy) is 1. The van der Waals surface area contributed by atoms with Crippen LogP contribution in [0.5, 0.6) is 0 Å². The summed E-state index contributed by atoms with van der Waals surface area (Å²) < 4.78 is 47.2. The van der Waals surface area contributed by atoms with Gasteiger partial charge in [-0.05, 0) is 69.4 Å². The van der Waals surface area contributed by atoms with Crippen molar-refractivity contribution in [2.75, 3.05) is 6.54 Å². The lowest BCUT2D eigenvalue weighted by molar-refractivity contribution is 0.0523. The lowest BCUT2D eigenvalue weighted by Crippen LogP contribution is -2.35. The first-order valence-electron chi connectivity index (χ1n) is 11.1. The summed E-state index contributed by atoms with van der Waals surface area (Å²) in [4.78, 5) is 26.9. The molecule has 0 bridgehead atoms. The third kappa shape index (κ3) is 5.00. The van der Waals surface area contributed by atoms with Crippen LogP contribution in [0.15, 0.2) is 46.5 Å². The summed E-state index contributed by atoms with van der Waals surface area (Å²) in [7, 11) is -4.20. The molecular weight excluding hydrogens is 477 g/mol. The van der Waals surface area contributed by atoms with Gasteiger partial charge in [0, 0.05) is 18.5 Å². The lowest BCUT2D eigenvalue weighted by atomic mass is 9.83. The van der Waals surface area contributed by atoms with E-state index in [2.05, 4.69) is 10.3 Å². The first-order valence-corrected chi connectivity index (χ1v) is 12.6. The molecule has 1 amide bonds. The summed E-state index contributed by atoms with van der Waals surface area (Å²) in [6, 6.07) is 6.52. The van der Waals surface area contributed by atoms with Gasteiger partial charge in [0.1, 0.15) is 28.2 Å². The number of nitrogens with one attached hydrogen (secondary N) is 1. The number of sulfone groups is 1. The van der Waals surface area contributed by atoms with Gasteiger partial charge in [-0.3, -0.25) is 0 Å². The fraction of sp³-hybridized carbons (Fsp3) is 0.375. The van der Waals surface area contributed by atoms with Crippen molar-refractivity contribution in [1.82, 2.24) is 14.9 Å². The van der Waals surface area contributed by atoms with Gasteiger partial charge in [0.25, 0.3) is 0 Å². The Labute approximate surface area is 201 Å². The van der Waals surface area contributed by atoms with Crippen LogP contribution >= 0.6 is 0 Å². The molecule has 1 aliphatic carbocycles. The largest absolute Gasteiger partial charge is 0.464 e. The normalized spacial score (nSPS) is 16.1. The molecule has 35 heavy (non-hydrogen) atoms. The molecule has 186 valence electrons. The van der Waals surface area contributed by atoms with Crippen LogP contribution < -0.4 is 5.32 Å². The second-order valence-electron chi connectivity index (χ2n) is 9.50. The van der Waals surface area contributed by atoms with Crippen LogP contribution in [0.3, 0.4) is 0 Å². The number of carboxylic acid groups (broad SMARTS) is 1. The van der Waals surface area contributed by atoms with Crippen LogP contribution in [0, 0.1) is 5.82 Å². The van der Waals surface area contributed by atoms with Crippen molar-refractivity contribution in [2.24, 2.45) is 0 Å². The smallest absolute Gasteiger partial charge is 0.417 e. The third-order valence-electron chi connectivity index (χ3n) is 5.83. The van der Waals surface area contributed by atoms with Crippen molar-refractivity contribution >= 4 is 33.1 Å². The average Bonchev–Trinajstić information content (AvgIpc) is 3.19. The van der Waals surface area contributed by atoms with E-state index in [0.29, 0.717) is 17.5 Å². The highest BCUT2D eigenvalue weighted by atomic mass is 32.2. The summed E-state index contributed by atoms with van der Waals surface area (Å²) in [5.41, 5.74) is 0.886. The predicted octanol–water partition coefficient (Wildman–Crippen LogP) is 4.48. The first kappa shape index (κ1) is 24.6. The van der Waals surface area contributed by atoms with E-state index in [-0.39, 0.29) is 21.8 Å². The van der Waals surface area contributed by atoms with E-state index in [1.807, 2.05) is 0 Å². The van der Waals surface area contributed by atoms with Crippen LogP contribution in [-0.2, 0) is 21.0 Å². The molecule has 0 spiro atoms. The minimum Gasteiger partial charge on any atom is -0.464 e. The SMILES string of the molecule is CC(C)(C)OC(=O)NCC1CCCc2cc(S(=O)(=O)c3cc(F)cc4c3ncn4C(=O)O)ccc21. The molecule has 1 heterocycles. The lowest BCUT2D eigenvalue weighted by Gasteiger charge is -2.27. The van der Waals surface area contributed by atoms with Crippen molar-refractivity contribution in [3.63, 3.8) is 0 Å². The molecule has 0 aliphatic heterocycles. The Morgan fingerprint density at radius 3 is 2.69 bits per heavy atom. The number of hydrogen-bond donors (Lipinski definition) is 2. The van der Waals surface area contributed by atoms with E-state index in [1.165, 1.54) is 6.07 Å². The molecule has 1 aliphatic rings. The van der Waals surface area contributed by atoms with Gasteiger partial charge in [0.15, 0.2) is 0 Å². The Hall–Kier alpha value is -3.47. The Balaban J connectivity index is 1.65. The van der Waals surface area contributed by atoms with Crippen LogP contribution in [0.2, 0.25) is 0 Å². The Morgan fingerprint density at radius 1 is 1.26 bits per heavy atom. The number of carbonyl (C=O) groups is 2. The Morgan fingerprint density at radius 2 is 2.00 bits per heavy atom. The van der Waals surface area contributed by atoms with Gasteiger partial charge in [0.05, 0.1) is 10.4 Å². The number of benzene rings is 2. The standard InChI is InChI=1S/C24H26FN3O6S/c1-24(2,3)34-22(29)26-12-15-6-4-5-14-9-17(7-8-18(14)15)35(32,33)20-11-16(25)10-19-21(20)27-13-28(19)23(30)31/h7-11,13,15H,4-6,12H2,1-3H3,(H,26,29)(H,30,31). The molecule has 4 rings (SSSR count). The van der Waals surface area contributed by atoms with Gasteiger partial charge in [-0.2, -0.15) is 0 Å². The molecule has 1 unspecified atom stereocenters. The third-order valence-corrected chi connectivity index (χ3v) is 7.60. The molecule has 9 nitrogen and oxygen atoms in total. The Kier molecular flexibility index (Phi) is 6.31. The Bertz CT molecular complexity index is 1430. The zero-order valence-electron chi connectivity index (χ0n) is 19.5. The second-order valence-corrected chi connectivity index (χ2v) is 11.4. The predicted molar refractivity (Wildman–Crippen MR) is 125 cm³/mol. The number of rotatable bonds is 4. The van der Waals surface area contributed by atoms with Gasteiger partial charge < -0.3 is 15.2 Å². The summed E-state index contributed by atoms with van der Waals surface area (Å²) in [5.74, 6) is -0.888. The van der Waals surface area contributed by atoms with E-state index in [4.69, 9.17) is 4.74 Å². The number of aromatic nitrogens is 2. The summed E-state index contributed by atoms with van der Waals surface area (Å²) in [6.45, 7) is 5.69. The number of alkyl carbamates (subject to hydrolysis) is 1. The number of fused-ring (bicyclic) bond motifs is 2. The molecular formula is C24H26FN3O6S. The molecule has 0 radical (unpaired) electrons. The van der Waals surface area contributed by atoms with E-state index in [9.17, 15) is 27.5 Å². The summed E-state index contributed by atoms with van der Waals surface area (Å²) in [5, 5.41) is 12.1. The summed E-state index contributed by atoms with van der Waals surface area (Å²) >= 11 is 0. The van der Waals surface area contributed by atoms with Crippen LogP contribution in [0.25, 0.3) is 11.0 Å². The van der Waals surface area contributed by atoms with Crippen LogP contribution in [0.4, 0.5) is 14.0 Å². The van der Waals surface area contributed by atoms with Crippen LogP contribution in [0.1, 0.15) is 50.7 Å². The second kappa shape index (κ2) is 8.95. The number of amides is 1. The number of aryl methyl sites for hydroxylation is 1. The van der Waals surface area contributed by atoms with E-state index in [0.717, 1.165) is 42.4 Å². The molecule has 1 atom stereocenters. The fourth-order valence-corrected chi connectivity index (χ4v) is 5.81. The highest BCUT2D eigenvalue weighted by molar-refractivity contribution is 7.91. The maximum atomic E-state index is 14.3. The molecule has 0 fully saturated rings. The first-order chi connectivity index (χ1) is 16.4. The molecule has 0 saturated heterocycles. The van der Waals surface area contributed by atoms with Crippen molar-refractivity contribution in [2.45, 2.75) is 61.3 Å². The van der Waals surface area contributed by atoms with Gasteiger partial charge in [-0.1, -0.05) is 6.07 Å². The minimum absolute atomic E-state index is 0.00448. The van der Waals surface area contributed by atoms with Gasteiger partial charge in [0.2, 0.25) is 9.84 Å². The molecule has 1 aromatic heterocycles. The van der Waals surface area contributed by atoms with Crippen molar-refractivity contribution in [1.29, 1.82) is 0 Å². The molecule has 11 heteroatoms. The van der Waals surface area contributed by atoms with E-state index < -0.39 is 38.3 Å². The van der Waals surface area contributed by atoms with Crippen molar-refractivity contribution in [3.8, 4) is 0 Å². The number of hydrogen-bond acceptors (Lipinski definition) is 6. The molecule has 2 N–H and O–H groups in total.